The lowest BCUT2D eigenvalue weighted by atomic mass is 9.77. The van der Waals surface area contributed by atoms with E-state index in [1.54, 1.807) is 0 Å². The van der Waals surface area contributed by atoms with Crippen molar-refractivity contribution in [3.8, 4) is 0 Å². The van der Waals surface area contributed by atoms with Crippen molar-refractivity contribution < 1.29 is 14.0 Å². The quantitative estimate of drug-likeness (QED) is 0.505. The fraction of sp³-hybridized carbons (Fsp3) is 0.800. The summed E-state index contributed by atoms with van der Waals surface area (Å²) in [6, 6.07) is 0. The number of hydrogen-bond acceptors (Lipinski definition) is 3. The number of hydrogen-bond donors (Lipinski definition) is 0. The number of aryl methyl sites for hydroxylation is 1. The van der Waals surface area contributed by atoms with Gasteiger partial charge < -0.3 is 13.8 Å². The highest BCUT2D eigenvalue weighted by Gasteiger charge is 2.27. The number of rotatable bonds is 9. The summed E-state index contributed by atoms with van der Waals surface area (Å²) in [6.45, 7) is 13.2. The second kappa shape index (κ2) is 8.35. The number of imidazole rings is 1. The van der Waals surface area contributed by atoms with Crippen molar-refractivity contribution in [2.45, 2.75) is 53.9 Å². The van der Waals surface area contributed by atoms with Gasteiger partial charge >= 0.3 is 5.97 Å². The van der Waals surface area contributed by atoms with Crippen LogP contribution in [0.4, 0.5) is 0 Å². The van der Waals surface area contributed by atoms with Gasteiger partial charge in [-0.05, 0) is 17.3 Å². The molecular weight excluding hydrogens is 314 g/mol. The van der Waals surface area contributed by atoms with E-state index in [-0.39, 0.29) is 16.8 Å². The number of aromatic nitrogens is 2. The molecular formula is C20H38N3O2+. The molecule has 1 aromatic rings. The van der Waals surface area contributed by atoms with Crippen molar-refractivity contribution in [3.05, 3.63) is 18.2 Å². The summed E-state index contributed by atoms with van der Waals surface area (Å²) in [5, 5.41) is 0. The molecule has 0 radical (unpaired) electrons. The second-order valence-electron chi connectivity index (χ2n) is 9.98. The van der Waals surface area contributed by atoms with Crippen LogP contribution in [0.15, 0.2) is 12.5 Å². The molecule has 0 aliphatic rings. The van der Waals surface area contributed by atoms with Crippen LogP contribution in [-0.4, -0.2) is 53.8 Å². The third-order valence-electron chi connectivity index (χ3n) is 4.29. The second-order valence-corrected chi connectivity index (χ2v) is 9.98. The number of nitrogens with zero attached hydrogens (tertiary/aromatic N) is 3. The van der Waals surface area contributed by atoms with Crippen molar-refractivity contribution in [2.24, 2.45) is 17.9 Å². The number of esters is 1. The number of carbonyl (C=O) groups is 1. The number of ether oxygens (including phenoxy) is 1. The highest BCUT2D eigenvalue weighted by atomic mass is 16.5. The summed E-state index contributed by atoms with van der Waals surface area (Å²) in [4.78, 5) is 16.5. The Morgan fingerprint density at radius 3 is 2.36 bits per heavy atom. The van der Waals surface area contributed by atoms with Gasteiger partial charge in [0.1, 0.15) is 0 Å². The molecule has 0 aromatic carbocycles. The van der Waals surface area contributed by atoms with Crippen LogP contribution in [-0.2, 0) is 23.0 Å². The van der Waals surface area contributed by atoms with Gasteiger partial charge in [0.25, 0.3) is 0 Å². The van der Waals surface area contributed by atoms with E-state index in [1.165, 1.54) is 0 Å². The minimum Gasteiger partial charge on any atom is -0.465 e. The smallest absolute Gasteiger partial charge is 0.311 e. The van der Waals surface area contributed by atoms with E-state index < -0.39 is 0 Å². The first-order valence-corrected chi connectivity index (χ1v) is 9.23. The molecule has 0 atom stereocenters. The molecule has 1 rings (SSSR count). The molecule has 0 fully saturated rings. The van der Waals surface area contributed by atoms with Gasteiger partial charge in [0.2, 0.25) is 0 Å². The summed E-state index contributed by atoms with van der Waals surface area (Å²) in [5.41, 5.74) is 1.34. The van der Waals surface area contributed by atoms with Crippen LogP contribution in [0.1, 0.15) is 53.2 Å². The SMILES string of the molecule is Cn1cnc(CC[N+](C)(C)CCC(=O)OCC(C)(C)CC(C)(C)C)c1. The van der Waals surface area contributed by atoms with Crippen molar-refractivity contribution in [2.75, 3.05) is 33.8 Å². The summed E-state index contributed by atoms with van der Waals surface area (Å²) < 4.78 is 8.30. The van der Waals surface area contributed by atoms with Crippen molar-refractivity contribution in [1.82, 2.24) is 9.55 Å². The summed E-state index contributed by atoms with van der Waals surface area (Å²) >= 11 is 0. The molecule has 1 heterocycles. The third kappa shape index (κ3) is 9.63. The standard InChI is InChI=1S/C20H38N3O2/c1-19(2,3)14-20(4,5)15-25-18(24)10-12-23(7,8)11-9-17-13-22(6)16-21-17/h13,16H,9-12,14-15H2,1-8H3/q+1. The maximum Gasteiger partial charge on any atom is 0.311 e. The third-order valence-corrected chi connectivity index (χ3v) is 4.29. The molecule has 0 N–H and O–H groups in total. The fourth-order valence-corrected chi connectivity index (χ4v) is 3.35. The largest absolute Gasteiger partial charge is 0.465 e. The highest BCUT2D eigenvalue weighted by Crippen LogP contribution is 2.33. The molecule has 144 valence electrons. The van der Waals surface area contributed by atoms with Gasteiger partial charge in [0.15, 0.2) is 0 Å². The van der Waals surface area contributed by atoms with Gasteiger partial charge in [-0.3, -0.25) is 4.79 Å². The molecule has 25 heavy (non-hydrogen) atoms. The normalized spacial score (nSPS) is 13.1. The van der Waals surface area contributed by atoms with E-state index >= 15 is 0 Å². The Morgan fingerprint density at radius 1 is 1.20 bits per heavy atom. The zero-order chi connectivity index (χ0) is 19.3. The number of quaternary nitrogens is 1. The van der Waals surface area contributed by atoms with Crippen LogP contribution in [0.25, 0.3) is 0 Å². The lowest BCUT2D eigenvalue weighted by molar-refractivity contribution is -0.889. The Hall–Kier alpha value is -1.36. The zero-order valence-electron chi connectivity index (χ0n) is 17.6. The molecule has 0 aliphatic carbocycles. The van der Waals surface area contributed by atoms with E-state index in [9.17, 15) is 4.79 Å². The van der Waals surface area contributed by atoms with Gasteiger partial charge in [-0.15, -0.1) is 0 Å². The predicted octanol–water partition coefficient (Wildman–Crippen LogP) is 3.43. The minimum absolute atomic E-state index is 0.0112. The first-order chi connectivity index (χ1) is 11.3. The highest BCUT2D eigenvalue weighted by molar-refractivity contribution is 5.69. The van der Waals surface area contributed by atoms with Crippen molar-refractivity contribution in [1.29, 1.82) is 0 Å². The molecule has 0 saturated carbocycles. The van der Waals surface area contributed by atoms with Crippen molar-refractivity contribution in [3.63, 3.8) is 0 Å². The Kier molecular flexibility index (Phi) is 7.24. The van der Waals surface area contributed by atoms with Crippen LogP contribution in [0.5, 0.6) is 0 Å². The molecule has 5 heteroatoms. The molecule has 0 amide bonds. The van der Waals surface area contributed by atoms with Crippen LogP contribution < -0.4 is 0 Å². The predicted molar refractivity (Wildman–Crippen MR) is 102 cm³/mol. The maximum absolute atomic E-state index is 12.1. The van der Waals surface area contributed by atoms with Crippen LogP contribution in [0.3, 0.4) is 0 Å². The molecule has 0 unspecified atom stereocenters. The Labute approximate surface area is 154 Å². The topological polar surface area (TPSA) is 44.1 Å². The molecule has 0 bridgehead atoms. The maximum atomic E-state index is 12.1. The minimum atomic E-state index is -0.0916. The van der Waals surface area contributed by atoms with Gasteiger partial charge in [-0.2, -0.15) is 0 Å². The first-order valence-electron chi connectivity index (χ1n) is 9.23. The zero-order valence-corrected chi connectivity index (χ0v) is 17.6. The van der Waals surface area contributed by atoms with Crippen LogP contribution in [0.2, 0.25) is 0 Å². The van der Waals surface area contributed by atoms with Crippen LogP contribution in [0, 0.1) is 10.8 Å². The first kappa shape index (κ1) is 21.7. The summed E-state index contributed by atoms with van der Waals surface area (Å²) in [6.07, 6.45) is 6.28. The summed E-state index contributed by atoms with van der Waals surface area (Å²) in [5.74, 6) is -0.0916. The average Bonchev–Trinajstić information content (AvgIpc) is 2.84. The van der Waals surface area contributed by atoms with Crippen molar-refractivity contribution >= 4 is 5.97 Å². The summed E-state index contributed by atoms with van der Waals surface area (Å²) in [7, 11) is 6.28. The van der Waals surface area contributed by atoms with E-state index in [1.807, 2.05) is 24.1 Å². The Balaban J connectivity index is 2.34. The molecule has 0 saturated heterocycles. The van der Waals surface area contributed by atoms with Gasteiger partial charge in [0.05, 0.1) is 52.2 Å². The van der Waals surface area contributed by atoms with Gasteiger partial charge in [-0.1, -0.05) is 34.6 Å². The fourth-order valence-electron chi connectivity index (χ4n) is 3.35. The van der Waals surface area contributed by atoms with E-state index in [0.29, 0.717) is 13.0 Å². The lowest BCUT2D eigenvalue weighted by Gasteiger charge is -2.32. The Morgan fingerprint density at radius 2 is 1.84 bits per heavy atom. The molecule has 0 aliphatic heterocycles. The Bertz CT molecular complexity index is 554. The lowest BCUT2D eigenvalue weighted by Crippen LogP contribution is -2.43. The van der Waals surface area contributed by atoms with Crippen LogP contribution >= 0.6 is 0 Å². The molecule has 5 nitrogen and oxygen atoms in total. The monoisotopic (exact) mass is 352 g/mol. The van der Waals surface area contributed by atoms with Gasteiger partial charge in [0, 0.05) is 19.7 Å². The number of carbonyl (C=O) groups excluding carboxylic acids is 1. The average molecular weight is 353 g/mol. The number of likely N-dealkylation sites (N-methyl/N-ethyl adjacent to an activating group) is 1. The van der Waals surface area contributed by atoms with Gasteiger partial charge in [-0.25, -0.2) is 4.98 Å². The molecule has 0 spiro atoms. The van der Waals surface area contributed by atoms with E-state index in [4.69, 9.17) is 4.74 Å². The molecule has 1 aromatic heterocycles. The van der Waals surface area contributed by atoms with E-state index in [0.717, 1.165) is 36.1 Å². The van der Waals surface area contributed by atoms with E-state index in [2.05, 4.69) is 53.7 Å².